The zero-order valence-corrected chi connectivity index (χ0v) is 15.9. The van der Waals surface area contributed by atoms with Gasteiger partial charge in [-0.05, 0) is 56.1 Å². The van der Waals surface area contributed by atoms with Gasteiger partial charge in [0.25, 0.3) is 5.91 Å². The number of nitrogens with zero attached hydrogens (tertiary/aromatic N) is 2. The molecule has 1 spiro atoms. The summed E-state index contributed by atoms with van der Waals surface area (Å²) in [6.45, 7) is 2.64. The zero-order valence-electron chi connectivity index (χ0n) is 15.9. The molecule has 4 amide bonds. The first-order chi connectivity index (χ1) is 13.1. The monoisotopic (exact) mass is 369 g/mol. The van der Waals surface area contributed by atoms with Crippen molar-refractivity contribution >= 4 is 17.8 Å². The standard InChI is InChI=1S/C21H27N3O3/c1-2-16-10-5-6-13-23(16)18(25)14-24-19(26)21(22-20(24)27)12-7-9-15-8-3-4-11-17(15)21/h3-4,8,11,16H,2,5-7,9-10,12-14H2,1H3,(H,22,27). The fraction of sp³-hybridized carbons (Fsp3) is 0.571. The third-order valence-electron chi connectivity index (χ3n) is 6.36. The van der Waals surface area contributed by atoms with E-state index in [0.717, 1.165) is 61.1 Å². The first-order valence-electron chi connectivity index (χ1n) is 10.1. The molecule has 2 heterocycles. The van der Waals surface area contributed by atoms with Crippen LogP contribution in [0.15, 0.2) is 24.3 Å². The Hall–Kier alpha value is -2.37. The van der Waals surface area contributed by atoms with Gasteiger partial charge in [-0.2, -0.15) is 0 Å². The lowest BCUT2D eigenvalue weighted by atomic mass is 9.76. The topological polar surface area (TPSA) is 69.7 Å². The van der Waals surface area contributed by atoms with E-state index in [-0.39, 0.29) is 24.4 Å². The van der Waals surface area contributed by atoms with Crippen LogP contribution in [0.5, 0.6) is 0 Å². The average Bonchev–Trinajstić information content (AvgIpc) is 2.93. The summed E-state index contributed by atoms with van der Waals surface area (Å²) in [5.41, 5.74) is 0.986. The number of carbonyl (C=O) groups excluding carboxylic acids is 3. The Labute approximate surface area is 159 Å². The molecule has 6 heteroatoms. The molecule has 0 aromatic heterocycles. The molecule has 0 radical (unpaired) electrons. The number of urea groups is 1. The van der Waals surface area contributed by atoms with Crippen LogP contribution in [0.25, 0.3) is 0 Å². The minimum absolute atomic E-state index is 0.119. The van der Waals surface area contributed by atoms with Crippen molar-refractivity contribution in [2.45, 2.75) is 63.5 Å². The van der Waals surface area contributed by atoms with Crippen molar-refractivity contribution < 1.29 is 14.4 Å². The molecule has 3 aliphatic rings. The molecule has 0 saturated carbocycles. The van der Waals surface area contributed by atoms with E-state index in [2.05, 4.69) is 12.2 Å². The summed E-state index contributed by atoms with van der Waals surface area (Å²) < 4.78 is 0. The van der Waals surface area contributed by atoms with Crippen LogP contribution in [0, 0.1) is 0 Å². The van der Waals surface area contributed by atoms with Crippen LogP contribution >= 0.6 is 0 Å². The Balaban J connectivity index is 1.57. The Bertz CT molecular complexity index is 778. The van der Waals surface area contributed by atoms with Crippen molar-refractivity contribution in [2.75, 3.05) is 13.1 Å². The Morgan fingerprint density at radius 3 is 2.85 bits per heavy atom. The second-order valence-electron chi connectivity index (χ2n) is 7.88. The smallest absolute Gasteiger partial charge is 0.325 e. The lowest BCUT2D eigenvalue weighted by molar-refractivity contribution is -0.141. The summed E-state index contributed by atoms with van der Waals surface area (Å²) in [4.78, 5) is 41.8. The molecule has 1 aromatic carbocycles. The van der Waals surface area contributed by atoms with E-state index in [1.807, 2.05) is 29.2 Å². The second-order valence-corrected chi connectivity index (χ2v) is 7.88. The Morgan fingerprint density at radius 1 is 1.22 bits per heavy atom. The van der Waals surface area contributed by atoms with Crippen molar-refractivity contribution in [2.24, 2.45) is 0 Å². The minimum atomic E-state index is -1.00. The van der Waals surface area contributed by atoms with E-state index < -0.39 is 11.6 Å². The van der Waals surface area contributed by atoms with Gasteiger partial charge in [-0.15, -0.1) is 0 Å². The molecule has 4 rings (SSSR count). The molecule has 2 aliphatic heterocycles. The van der Waals surface area contributed by atoms with E-state index in [1.54, 1.807) is 0 Å². The van der Waals surface area contributed by atoms with Gasteiger partial charge in [0, 0.05) is 12.6 Å². The number of nitrogens with one attached hydrogen (secondary N) is 1. The van der Waals surface area contributed by atoms with Gasteiger partial charge in [0.2, 0.25) is 5.91 Å². The van der Waals surface area contributed by atoms with Gasteiger partial charge in [-0.3, -0.25) is 14.5 Å². The first-order valence-corrected chi connectivity index (χ1v) is 10.1. The summed E-state index contributed by atoms with van der Waals surface area (Å²) in [6, 6.07) is 7.57. The lowest BCUT2D eigenvalue weighted by Crippen LogP contribution is -2.50. The molecule has 1 aliphatic carbocycles. The summed E-state index contributed by atoms with van der Waals surface area (Å²) in [5.74, 6) is -0.399. The van der Waals surface area contributed by atoms with Crippen molar-refractivity contribution in [3.8, 4) is 0 Å². The number of benzene rings is 1. The van der Waals surface area contributed by atoms with Gasteiger partial charge in [0.05, 0.1) is 0 Å². The molecule has 1 N–H and O–H groups in total. The number of piperidine rings is 1. The van der Waals surface area contributed by atoms with Crippen LogP contribution in [0.2, 0.25) is 0 Å². The second kappa shape index (κ2) is 6.98. The van der Waals surface area contributed by atoms with Gasteiger partial charge >= 0.3 is 6.03 Å². The van der Waals surface area contributed by atoms with E-state index in [0.29, 0.717) is 6.42 Å². The van der Waals surface area contributed by atoms with Crippen LogP contribution in [0.4, 0.5) is 4.79 Å². The number of hydrogen-bond donors (Lipinski definition) is 1. The van der Waals surface area contributed by atoms with Crippen LogP contribution in [-0.4, -0.2) is 46.8 Å². The van der Waals surface area contributed by atoms with Crippen LogP contribution < -0.4 is 5.32 Å². The molecule has 144 valence electrons. The van der Waals surface area contributed by atoms with Crippen LogP contribution in [-0.2, 0) is 21.5 Å². The predicted molar refractivity (Wildman–Crippen MR) is 101 cm³/mol. The molecular formula is C21H27N3O3. The van der Waals surface area contributed by atoms with Crippen LogP contribution in [0.1, 0.15) is 56.6 Å². The molecule has 6 nitrogen and oxygen atoms in total. The van der Waals surface area contributed by atoms with Gasteiger partial charge in [0.1, 0.15) is 12.1 Å². The molecule has 0 bridgehead atoms. The maximum Gasteiger partial charge on any atom is 0.325 e. The van der Waals surface area contributed by atoms with Crippen molar-refractivity contribution in [3.63, 3.8) is 0 Å². The third kappa shape index (κ3) is 2.91. The fourth-order valence-electron chi connectivity index (χ4n) is 4.93. The number of hydrogen-bond acceptors (Lipinski definition) is 3. The highest BCUT2D eigenvalue weighted by atomic mass is 16.2. The largest absolute Gasteiger partial charge is 0.338 e. The number of aryl methyl sites for hydroxylation is 1. The molecule has 2 saturated heterocycles. The summed E-state index contributed by atoms with van der Waals surface area (Å²) >= 11 is 0. The zero-order chi connectivity index (χ0) is 19.0. The van der Waals surface area contributed by atoms with Gasteiger partial charge in [-0.1, -0.05) is 31.2 Å². The molecule has 1 aromatic rings. The van der Waals surface area contributed by atoms with Crippen molar-refractivity contribution in [3.05, 3.63) is 35.4 Å². The predicted octanol–water partition coefficient (Wildman–Crippen LogP) is 2.56. The molecule has 27 heavy (non-hydrogen) atoms. The van der Waals surface area contributed by atoms with E-state index in [1.165, 1.54) is 0 Å². The first kappa shape index (κ1) is 18.0. The lowest BCUT2D eigenvalue weighted by Gasteiger charge is -2.36. The van der Waals surface area contributed by atoms with E-state index in [4.69, 9.17) is 0 Å². The number of rotatable bonds is 3. The normalized spacial score (nSPS) is 27.7. The number of imide groups is 1. The molecule has 2 fully saturated rings. The van der Waals surface area contributed by atoms with Crippen molar-refractivity contribution in [1.29, 1.82) is 0 Å². The van der Waals surface area contributed by atoms with Crippen molar-refractivity contribution in [1.82, 2.24) is 15.1 Å². The number of likely N-dealkylation sites (tertiary alicyclic amines) is 1. The van der Waals surface area contributed by atoms with Gasteiger partial charge < -0.3 is 10.2 Å². The highest BCUT2D eigenvalue weighted by molar-refractivity contribution is 6.09. The SMILES string of the molecule is CCC1CCCCN1C(=O)CN1C(=O)NC2(CCCc3ccccc32)C1=O. The van der Waals surface area contributed by atoms with E-state index >= 15 is 0 Å². The summed E-state index contributed by atoms with van der Waals surface area (Å²) in [6.07, 6.45) is 6.36. The highest BCUT2D eigenvalue weighted by Gasteiger charge is 2.54. The van der Waals surface area contributed by atoms with Gasteiger partial charge in [-0.25, -0.2) is 4.79 Å². The number of carbonyl (C=O) groups is 3. The van der Waals surface area contributed by atoms with E-state index in [9.17, 15) is 14.4 Å². The summed E-state index contributed by atoms with van der Waals surface area (Å²) in [7, 11) is 0. The molecule has 2 unspecified atom stereocenters. The molecular weight excluding hydrogens is 342 g/mol. The quantitative estimate of drug-likeness (QED) is 0.833. The Kier molecular flexibility index (Phi) is 4.66. The average molecular weight is 369 g/mol. The van der Waals surface area contributed by atoms with Gasteiger partial charge in [0.15, 0.2) is 0 Å². The number of fused-ring (bicyclic) bond motifs is 2. The maximum absolute atomic E-state index is 13.3. The third-order valence-corrected chi connectivity index (χ3v) is 6.36. The summed E-state index contributed by atoms with van der Waals surface area (Å²) in [5, 5.41) is 2.93. The molecule has 2 atom stereocenters. The number of amides is 4. The fourth-order valence-corrected chi connectivity index (χ4v) is 4.93. The maximum atomic E-state index is 13.3. The Morgan fingerprint density at radius 2 is 2.04 bits per heavy atom. The highest BCUT2D eigenvalue weighted by Crippen LogP contribution is 2.39. The van der Waals surface area contributed by atoms with Crippen LogP contribution in [0.3, 0.4) is 0 Å². The minimum Gasteiger partial charge on any atom is -0.338 e.